The Labute approximate surface area is 150 Å². The summed E-state index contributed by atoms with van der Waals surface area (Å²) in [6, 6.07) is 12.0. The van der Waals surface area contributed by atoms with Gasteiger partial charge in [0, 0.05) is 16.3 Å². The second-order valence-corrected chi connectivity index (χ2v) is 7.30. The zero-order valence-corrected chi connectivity index (χ0v) is 14.8. The van der Waals surface area contributed by atoms with Crippen molar-refractivity contribution in [1.82, 2.24) is 10.0 Å². The quantitative estimate of drug-likeness (QED) is 0.707. The van der Waals surface area contributed by atoms with Crippen molar-refractivity contribution in [3.63, 3.8) is 0 Å². The second-order valence-electron chi connectivity index (χ2n) is 4.97. The number of anilines is 1. The van der Waals surface area contributed by atoms with E-state index < -0.39 is 21.8 Å². The molecule has 2 amide bonds. The van der Waals surface area contributed by atoms with Crippen molar-refractivity contribution in [1.29, 1.82) is 0 Å². The van der Waals surface area contributed by atoms with Crippen LogP contribution in [0, 0.1) is 0 Å². The van der Waals surface area contributed by atoms with E-state index >= 15 is 0 Å². The van der Waals surface area contributed by atoms with Crippen molar-refractivity contribution < 1.29 is 18.0 Å². The summed E-state index contributed by atoms with van der Waals surface area (Å²) in [5, 5.41) is 5.46. The molecule has 0 saturated carbocycles. The summed E-state index contributed by atoms with van der Waals surface area (Å²) in [5.74, 6) is -0.868. The van der Waals surface area contributed by atoms with Crippen molar-refractivity contribution in [2.75, 3.05) is 18.9 Å². The fourth-order valence-corrected chi connectivity index (χ4v) is 2.85. The fourth-order valence-electron chi connectivity index (χ4n) is 1.93. The number of carbonyl (C=O) groups is 2. The van der Waals surface area contributed by atoms with Gasteiger partial charge in [0.2, 0.25) is 15.9 Å². The molecular weight excluding hydrogens is 366 g/mol. The molecule has 0 bridgehead atoms. The molecule has 0 radical (unpaired) electrons. The first-order valence-electron chi connectivity index (χ1n) is 7.19. The van der Waals surface area contributed by atoms with E-state index in [1.165, 1.54) is 37.4 Å². The van der Waals surface area contributed by atoms with Gasteiger partial charge in [-0.05, 0) is 49.5 Å². The molecule has 0 saturated heterocycles. The van der Waals surface area contributed by atoms with E-state index in [0.717, 1.165) is 0 Å². The molecule has 0 aliphatic rings. The van der Waals surface area contributed by atoms with Crippen molar-refractivity contribution in [3.05, 3.63) is 59.1 Å². The minimum absolute atomic E-state index is 0.0854. The smallest absolute Gasteiger partial charge is 0.251 e. The largest absolute Gasteiger partial charge is 0.343 e. The van der Waals surface area contributed by atoms with Crippen LogP contribution in [0.2, 0.25) is 5.02 Å². The highest BCUT2D eigenvalue weighted by Gasteiger charge is 2.12. The zero-order chi connectivity index (χ0) is 18.4. The number of amides is 2. The van der Waals surface area contributed by atoms with Crippen LogP contribution in [0.15, 0.2) is 53.4 Å². The Morgan fingerprint density at radius 1 is 1.08 bits per heavy atom. The third-order valence-electron chi connectivity index (χ3n) is 3.21. The van der Waals surface area contributed by atoms with Crippen LogP contribution in [0.25, 0.3) is 0 Å². The van der Waals surface area contributed by atoms with Crippen LogP contribution in [0.4, 0.5) is 5.69 Å². The molecule has 2 aromatic carbocycles. The average Bonchev–Trinajstić information content (AvgIpc) is 2.60. The van der Waals surface area contributed by atoms with E-state index in [1.807, 2.05) is 0 Å². The number of benzene rings is 2. The molecule has 0 aliphatic carbocycles. The van der Waals surface area contributed by atoms with Gasteiger partial charge in [-0.2, -0.15) is 0 Å². The Morgan fingerprint density at radius 2 is 1.76 bits per heavy atom. The maximum Gasteiger partial charge on any atom is 0.251 e. The summed E-state index contributed by atoms with van der Waals surface area (Å²) >= 11 is 5.81. The summed E-state index contributed by atoms with van der Waals surface area (Å²) < 4.78 is 25.4. The van der Waals surface area contributed by atoms with Gasteiger partial charge in [0.05, 0.1) is 11.4 Å². The molecule has 2 rings (SSSR count). The minimum Gasteiger partial charge on any atom is -0.343 e. The lowest BCUT2D eigenvalue weighted by Crippen LogP contribution is -2.32. The molecule has 0 spiro atoms. The SMILES string of the molecule is CNS(=O)(=O)c1ccc(NC(=O)CNC(=O)c2cccc(Cl)c2)cc1. The summed E-state index contributed by atoms with van der Waals surface area (Å²) in [6.07, 6.45) is 0. The Kier molecular flexibility index (Phi) is 6.13. The van der Waals surface area contributed by atoms with Gasteiger partial charge >= 0.3 is 0 Å². The number of hydrogen-bond donors (Lipinski definition) is 3. The van der Waals surface area contributed by atoms with Gasteiger partial charge < -0.3 is 10.6 Å². The van der Waals surface area contributed by atoms with Gasteiger partial charge in [-0.1, -0.05) is 17.7 Å². The van der Waals surface area contributed by atoms with Crippen LogP contribution in [0.1, 0.15) is 10.4 Å². The summed E-state index contributed by atoms with van der Waals surface area (Å²) in [5.41, 5.74) is 0.763. The highest BCUT2D eigenvalue weighted by molar-refractivity contribution is 7.89. The first-order chi connectivity index (χ1) is 11.8. The van der Waals surface area contributed by atoms with Gasteiger partial charge in [0.25, 0.3) is 5.91 Å². The molecule has 0 aliphatic heterocycles. The first-order valence-corrected chi connectivity index (χ1v) is 9.05. The number of halogens is 1. The summed E-state index contributed by atoms with van der Waals surface area (Å²) in [6.45, 7) is -0.234. The summed E-state index contributed by atoms with van der Waals surface area (Å²) in [7, 11) is -2.22. The molecule has 9 heteroatoms. The van der Waals surface area contributed by atoms with Crippen molar-refractivity contribution in [3.8, 4) is 0 Å². The molecule has 0 unspecified atom stereocenters. The molecule has 0 heterocycles. The molecule has 7 nitrogen and oxygen atoms in total. The summed E-state index contributed by atoms with van der Waals surface area (Å²) in [4.78, 5) is 23.9. The molecular formula is C16H16ClN3O4S. The van der Waals surface area contributed by atoms with Crippen LogP contribution >= 0.6 is 11.6 Å². The van der Waals surface area contributed by atoms with E-state index in [1.54, 1.807) is 18.2 Å². The lowest BCUT2D eigenvalue weighted by atomic mass is 10.2. The maximum atomic E-state index is 11.9. The van der Waals surface area contributed by atoms with Gasteiger partial charge in [0.1, 0.15) is 0 Å². The normalized spacial score (nSPS) is 11.0. The van der Waals surface area contributed by atoms with Crippen LogP contribution < -0.4 is 15.4 Å². The van der Waals surface area contributed by atoms with Crippen LogP contribution in [-0.2, 0) is 14.8 Å². The topological polar surface area (TPSA) is 104 Å². The van der Waals surface area contributed by atoms with E-state index in [2.05, 4.69) is 15.4 Å². The third kappa shape index (κ3) is 5.28. The van der Waals surface area contributed by atoms with Crippen LogP contribution in [0.3, 0.4) is 0 Å². The number of rotatable bonds is 6. The predicted octanol–water partition coefficient (Wildman–Crippen LogP) is 1.62. The molecule has 0 atom stereocenters. The predicted molar refractivity (Wildman–Crippen MR) is 95.1 cm³/mol. The van der Waals surface area contributed by atoms with Crippen molar-refractivity contribution in [2.24, 2.45) is 0 Å². The Hall–Kier alpha value is -2.42. The van der Waals surface area contributed by atoms with Crippen LogP contribution in [-0.4, -0.2) is 33.8 Å². The van der Waals surface area contributed by atoms with Gasteiger partial charge in [-0.15, -0.1) is 0 Å². The molecule has 0 aromatic heterocycles. The monoisotopic (exact) mass is 381 g/mol. The molecule has 132 valence electrons. The van der Waals surface area contributed by atoms with Gasteiger partial charge in [0.15, 0.2) is 0 Å². The zero-order valence-electron chi connectivity index (χ0n) is 13.2. The number of sulfonamides is 1. The van der Waals surface area contributed by atoms with Gasteiger partial charge in [-0.25, -0.2) is 13.1 Å². The first kappa shape index (κ1) is 18.9. The highest BCUT2D eigenvalue weighted by Crippen LogP contribution is 2.13. The standard InChI is InChI=1S/C16H16ClN3O4S/c1-18-25(23,24)14-7-5-13(6-8-14)20-15(21)10-19-16(22)11-3-2-4-12(17)9-11/h2-9,18H,10H2,1H3,(H,19,22)(H,20,21). The number of carbonyl (C=O) groups excluding carboxylic acids is 2. The van der Waals surface area contributed by atoms with E-state index in [4.69, 9.17) is 11.6 Å². The fraction of sp³-hybridized carbons (Fsp3) is 0.125. The van der Waals surface area contributed by atoms with E-state index in [9.17, 15) is 18.0 Å². The third-order valence-corrected chi connectivity index (χ3v) is 4.88. The number of hydrogen-bond acceptors (Lipinski definition) is 4. The van der Waals surface area contributed by atoms with Crippen molar-refractivity contribution in [2.45, 2.75) is 4.90 Å². The lowest BCUT2D eigenvalue weighted by molar-refractivity contribution is -0.115. The van der Waals surface area contributed by atoms with Gasteiger partial charge in [-0.3, -0.25) is 9.59 Å². The molecule has 3 N–H and O–H groups in total. The van der Waals surface area contributed by atoms with Crippen LogP contribution in [0.5, 0.6) is 0 Å². The average molecular weight is 382 g/mol. The van der Waals surface area contributed by atoms with E-state index in [-0.39, 0.29) is 11.4 Å². The molecule has 0 fully saturated rings. The van der Waals surface area contributed by atoms with E-state index in [0.29, 0.717) is 16.3 Å². The number of nitrogens with one attached hydrogen (secondary N) is 3. The second kappa shape index (κ2) is 8.11. The maximum absolute atomic E-state index is 11.9. The Morgan fingerprint density at radius 3 is 2.36 bits per heavy atom. The minimum atomic E-state index is -3.53. The molecule has 2 aromatic rings. The molecule has 25 heavy (non-hydrogen) atoms. The lowest BCUT2D eigenvalue weighted by Gasteiger charge is -2.08. The Bertz CT molecular complexity index is 883. The van der Waals surface area contributed by atoms with Crippen molar-refractivity contribution >= 4 is 39.1 Å². The highest BCUT2D eigenvalue weighted by atomic mass is 35.5. The Balaban J connectivity index is 1.91.